The summed E-state index contributed by atoms with van der Waals surface area (Å²) in [6.45, 7) is 2.42. The zero-order valence-corrected chi connectivity index (χ0v) is 10.6. The van der Waals surface area contributed by atoms with E-state index >= 15 is 0 Å². The average Bonchev–Trinajstić information content (AvgIpc) is 3.02. The van der Waals surface area contributed by atoms with Crippen LogP contribution in [0.3, 0.4) is 0 Å². The molecule has 3 heterocycles. The molecular weight excluding hydrogens is 238 g/mol. The molecule has 3 nitrogen and oxygen atoms in total. The van der Waals surface area contributed by atoms with Crippen molar-refractivity contribution < 1.29 is 9.47 Å². The third kappa shape index (κ3) is 1.66. The summed E-state index contributed by atoms with van der Waals surface area (Å²) in [5.74, 6) is 1.65. The van der Waals surface area contributed by atoms with E-state index in [0.29, 0.717) is 6.79 Å². The Morgan fingerprint density at radius 3 is 2.79 bits per heavy atom. The van der Waals surface area contributed by atoms with Gasteiger partial charge in [0.15, 0.2) is 11.5 Å². The van der Waals surface area contributed by atoms with Gasteiger partial charge in [-0.2, -0.15) is 0 Å². The third-order valence-corrected chi connectivity index (χ3v) is 3.46. The lowest BCUT2D eigenvalue weighted by atomic mass is 10.1. The van der Waals surface area contributed by atoms with E-state index < -0.39 is 0 Å². The Hall–Kier alpha value is -2.42. The van der Waals surface area contributed by atoms with E-state index in [-0.39, 0.29) is 0 Å². The molecule has 1 aromatic carbocycles. The SMILES string of the molecule is Cc1ccn2cc(-c3ccc4c(c3)OCO4)cc2c1. The van der Waals surface area contributed by atoms with Crippen molar-refractivity contribution in [2.45, 2.75) is 6.92 Å². The second-order valence-electron chi connectivity index (χ2n) is 4.83. The van der Waals surface area contributed by atoms with Crippen molar-refractivity contribution in [3.05, 3.63) is 54.4 Å². The number of rotatable bonds is 1. The maximum Gasteiger partial charge on any atom is 0.231 e. The van der Waals surface area contributed by atoms with Crippen LogP contribution in [0.25, 0.3) is 16.6 Å². The molecule has 0 amide bonds. The van der Waals surface area contributed by atoms with E-state index in [0.717, 1.165) is 17.1 Å². The topological polar surface area (TPSA) is 22.9 Å². The Morgan fingerprint density at radius 2 is 1.84 bits per heavy atom. The molecule has 4 rings (SSSR count). The summed E-state index contributed by atoms with van der Waals surface area (Å²) in [4.78, 5) is 0. The van der Waals surface area contributed by atoms with Gasteiger partial charge in [0.25, 0.3) is 0 Å². The fraction of sp³-hybridized carbons (Fsp3) is 0.125. The largest absolute Gasteiger partial charge is 0.454 e. The minimum Gasteiger partial charge on any atom is -0.454 e. The van der Waals surface area contributed by atoms with Crippen LogP contribution in [0.1, 0.15) is 5.56 Å². The van der Waals surface area contributed by atoms with Crippen LogP contribution in [-0.4, -0.2) is 11.2 Å². The predicted octanol–water partition coefficient (Wildman–Crippen LogP) is 3.64. The maximum atomic E-state index is 5.42. The monoisotopic (exact) mass is 251 g/mol. The van der Waals surface area contributed by atoms with Gasteiger partial charge in [-0.25, -0.2) is 0 Å². The van der Waals surface area contributed by atoms with Crippen LogP contribution >= 0.6 is 0 Å². The lowest BCUT2D eigenvalue weighted by Gasteiger charge is -1.99. The number of hydrogen-bond acceptors (Lipinski definition) is 2. The van der Waals surface area contributed by atoms with Gasteiger partial charge >= 0.3 is 0 Å². The molecule has 0 radical (unpaired) electrons. The molecule has 3 heteroatoms. The van der Waals surface area contributed by atoms with E-state index in [2.05, 4.69) is 48.0 Å². The second kappa shape index (κ2) is 3.79. The summed E-state index contributed by atoms with van der Waals surface area (Å²) in [5, 5.41) is 0. The Balaban J connectivity index is 1.85. The number of aryl methyl sites for hydroxylation is 1. The number of hydrogen-bond donors (Lipinski definition) is 0. The molecule has 0 atom stereocenters. The molecule has 0 fully saturated rings. The molecule has 1 aliphatic heterocycles. The summed E-state index contributed by atoms with van der Waals surface area (Å²) in [5.41, 5.74) is 4.80. The standard InChI is InChI=1S/C16H13NO2/c1-11-4-5-17-9-13(7-14(17)6-11)12-2-3-15-16(8-12)19-10-18-15/h2-9H,10H2,1H3. The molecule has 0 aliphatic carbocycles. The maximum absolute atomic E-state index is 5.42. The van der Waals surface area contributed by atoms with Crippen molar-refractivity contribution in [2.75, 3.05) is 6.79 Å². The quantitative estimate of drug-likeness (QED) is 0.659. The van der Waals surface area contributed by atoms with Gasteiger partial charge < -0.3 is 13.9 Å². The van der Waals surface area contributed by atoms with Crippen LogP contribution in [0.5, 0.6) is 11.5 Å². The fourth-order valence-electron chi connectivity index (χ4n) is 2.45. The van der Waals surface area contributed by atoms with Gasteiger partial charge in [0.05, 0.1) is 0 Å². The van der Waals surface area contributed by atoms with E-state index in [1.807, 2.05) is 12.1 Å². The van der Waals surface area contributed by atoms with Gasteiger partial charge in [-0.1, -0.05) is 6.07 Å². The van der Waals surface area contributed by atoms with Crippen molar-refractivity contribution >= 4 is 5.52 Å². The summed E-state index contributed by atoms with van der Waals surface area (Å²) in [6.07, 6.45) is 4.22. The molecule has 3 aromatic rings. The van der Waals surface area contributed by atoms with Crippen molar-refractivity contribution in [1.29, 1.82) is 0 Å². The van der Waals surface area contributed by atoms with E-state index in [1.54, 1.807) is 0 Å². The molecular formula is C16H13NO2. The van der Waals surface area contributed by atoms with Crippen molar-refractivity contribution in [3.8, 4) is 22.6 Å². The van der Waals surface area contributed by atoms with Crippen molar-refractivity contribution in [3.63, 3.8) is 0 Å². The summed E-state index contributed by atoms with van der Waals surface area (Å²) in [7, 11) is 0. The molecule has 0 bridgehead atoms. The number of aromatic nitrogens is 1. The summed E-state index contributed by atoms with van der Waals surface area (Å²) in [6, 6.07) is 12.5. The minimum absolute atomic E-state index is 0.315. The molecule has 1 aliphatic rings. The zero-order valence-electron chi connectivity index (χ0n) is 10.6. The van der Waals surface area contributed by atoms with Gasteiger partial charge in [0.1, 0.15) is 0 Å². The lowest BCUT2D eigenvalue weighted by molar-refractivity contribution is 0.174. The highest BCUT2D eigenvalue weighted by molar-refractivity contribution is 5.72. The Kier molecular flexibility index (Phi) is 2.09. The zero-order chi connectivity index (χ0) is 12.8. The van der Waals surface area contributed by atoms with Gasteiger partial charge in [-0.15, -0.1) is 0 Å². The third-order valence-electron chi connectivity index (χ3n) is 3.46. The van der Waals surface area contributed by atoms with Crippen molar-refractivity contribution in [1.82, 2.24) is 4.40 Å². The first-order chi connectivity index (χ1) is 9.29. The first-order valence-corrected chi connectivity index (χ1v) is 6.28. The van der Waals surface area contributed by atoms with Crippen molar-refractivity contribution in [2.24, 2.45) is 0 Å². The molecule has 94 valence electrons. The lowest BCUT2D eigenvalue weighted by Crippen LogP contribution is -1.92. The summed E-state index contributed by atoms with van der Waals surface area (Å²) >= 11 is 0. The Morgan fingerprint density at radius 1 is 0.947 bits per heavy atom. The summed E-state index contributed by atoms with van der Waals surface area (Å²) < 4.78 is 12.9. The molecule has 0 N–H and O–H groups in total. The van der Waals surface area contributed by atoms with E-state index in [9.17, 15) is 0 Å². The molecule has 2 aromatic heterocycles. The Labute approximate surface area is 111 Å². The molecule has 0 spiro atoms. The van der Waals surface area contributed by atoms with Gasteiger partial charge in [0, 0.05) is 23.5 Å². The molecule has 19 heavy (non-hydrogen) atoms. The van der Waals surface area contributed by atoms with Crippen LogP contribution < -0.4 is 9.47 Å². The van der Waals surface area contributed by atoms with Gasteiger partial charge in [-0.3, -0.25) is 0 Å². The number of benzene rings is 1. The van der Waals surface area contributed by atoms with Crippen LogP contribution in [0.4, 0.5) is 0 Å². The van der Waals surface area contributed by atoms with Crippen LogP contribution in [-0.2, 0) is 0 Å². The molecule has 0 saturated heterocycles. The van der Waals surface area contributed by atoms with Crippen LogP contribution in [0, 0.1) is 6.92 Å². The number of fused-ring (bicyclic) bond motifs is 2. The highest BCUT2D eigenvalue weighted by atomic mass is 16.7. The first kappa shape index (κ1) is 10.5. The predicted molar refractivity (Wildman–Crippen MR) is 73.7 cm³/mol. The molecule has 0 saturated carbocycles. The van der Waals surface area contributed by atoms with Crippen LogP contribution in [0.2, 0.25) is 0 Å². The highest BCUT2D eigenvalue weighted by Gasteiger charge is 2.14. The molecule has 0 unspecified atom stereocenters. The number of ether oxygens (including phenoxy) is 2. The van der Waals surface area contributed by atoms with Gasteiger partial charge in [0.2, 0.25) is 6.79 Å². The first-order valence-electron chi connectivity index (χ1n) is 6.28. The highest BCUT2D eigenvalue weighted by Crippen LogP contribution is 2.36. The van der Waals surface area contributed by atoms with Gasteiger partial charge in [-0.05, 0) is 48.4 Å². The minimum atomic E-state index is 0.315. The average molecular weight is 251 g/mol. The normalized spacial score (nSPS) is 13.1. The van der Waals surface area contributed by atoms with Crippen LogP contribution in [0.15, 0.2) is 48.8 Å². The van der Waals surface area contributed by atoms with E-state index in [4.69, 9.17) is 9.47 Å². The fourth-order valence-corrected chi connectivity index (χ4v) is 2.45. The Bertz CT molecular complexity index is 774. The number of nitrogens with zero attached hydrogens (tertiary/aromatic N) is 1. The second-order valence-corrected chi connectivity index (χ2v) is 4.83. The number of pyridine rings is 1. The smallest absolute Gasteiger partial charge is 0.231 e. The van der Waals surface area contributed by atoms with E-state index in [1.165, 1.54) is 16.6 Å².